The third-order valence-electron chi connectivity index (χ3n) is 3.10. The molecule has 0 unspecified atom stereocenters. The molecule has 0 spiro atoms. The Morgan fingerprint density at radius 1 is 1.10 bits per heavy atom. The van der Waals surface area contributed by atoms with Crippen LogP contribution in [0.1, 0.15) is 18.1 Å². The van der Waals surface area contributed by atoms with Crippen molar-refractivity contribution < 1.29 is 4.79 Å². The van der Waals surface area contributed by atoms with Crippen molar-refractivity contribution in [3.63, 3.8) is 0 Å². The van der Waals surface area contributed by atoms with Gasteiger partial charge >= 0.3 is 0 Å². The number of anilines is 2. The van der Waals surface area contributed by atoms with Gasteiger partial charge in [-0.3, -0.25) is 4.79 Å². The Bertz CT molecular complexity index is 510. The summed E-state index contributed by atoms with van der Waals surface area (Å²) < 4.78 is 0. The minimum atomic E-state index is -0.0340. The fraction of sp³-hybridized carbons (Fsp3) is 0.250. The molecule has 1 heterocycles. The quantitative estimate of drug-likeness (QED) is 0.877. The fourth-order valence-electron chi connectivity index (χ4n) is 1.90. The summed E-state index contributed by atoms with van der Waals surface area (Å²) in [5, 5.41) is 5.78. The molecule has 0 radical (unpaired) electrons. The molecule has 1 amide bonds. The van der Waals surface area contributed by atoms with E-state index < -0.39 is 0 Å². The number of hydrogen-bond donors (Lipinski definition) is 2. The monoisotopic (exact) mass is 269 g/mol. The second-order valence-corrected chi connectivity index (χ2v) is 4.58. The SMILES string of the molecule is CCc1ccc(CC(=O)Nc2ccc(NC)nc2)cc1. The molecular weight excluding hydrogens is 250 g/mol. The lowest BCUT2D eigenvalue weighted by Crippen LogP contribution is -2.14. The second-order valence-electron chi connectivity index (χ2n) is 4.58. The first kappa shape index (κ1) is 14.1. The average Bonchev–Trinajstić information content (AvgIpc) is 2.49. The lowest BCUT2D eigenvalue weighted by Gasteiger charge is -2.06. The molecule has 0 aliphatic heterocycles. The van der Waals surface area contributed by atoms with Gasteiger partial charge in [0, 0.05) is 7.05 Å². The van der Waals surface area contributed by atoms with Crippen molar-refractivity contribution in [1.82, 2.24) is 4.98 Å². The number of amides is 1. The normalized spacial score (nSPS) is 10.1. The smallest absolute Gasteiger partial charge is 0.228 e. The number of aromatic nitrogens is 1. The Morgan fingerprint density at radius 2 is 1.80 bits per heavy atom. The molecule has 0 saturated heterocycles. The van der Waals surface area contributed by atoms with Gasteiger partial charge in [0.1, 0.15) is 5.82 Å². The highest BCUT2D eigenvalue weighted by Gasteiger charge is 2.04. The van der Waals surface area contributed by atoms with Crippen molar-refractivity contribution >= 4 is 17.4 Å². The van der Waals surface area contributed by atoms with Crippen LogP contribution in [0.25, 0.3) is 0 Å². The maximum Gasteiger partial charge on any atom is 0.228 e. The van der Waals surface area contributed by atoms with E-state index in [1.807, 2.05) is 24.3 Å². The highest BCUT2D eigenvalue weighted by molar-refractivity contribution is 5.92. The van der Waals surface area contributed by atoms with Crippen molar-refractivity contribution in [2.24, 2.45) is 0 Å². The van der Waals surface area contributed by atoms with E-state index in [4.69, 9.17) is 0 Å². The van der Waals surface area contributed by atoms with Gasteiger partial charge in [0.05, 0.1) is 18.3 Å². The molecule has 2 rings (SSSR count). The maximum absolute atomic E-state index is 11.9. The summed E-state index contributed by atoms with van der Waals surface area (Å²) in [6.45, 7) is 2.11. The van der Waals surface area contributed by atoms with Crippen LogP contribution in [0.15, 0.2) is 42.6 Å². The van der Waals surface area contributed by atoms with Crippen molar-refractivity contribution in [1.29, 1.82) is 0 Å². The van der Waals surface area contributed by atoms with Gasteiger partial charge in [0.25, 0.3) is 0 Å². The topological polar surface area (TPSA) is 54.0 Å². The Balaban J connectivity index is 1.93. The first-order valence-electron chi connectivity index (χ1n) is 6.72. The van der Waals surface area contributed by atoms with Crippen molar-refractivity contribution in [2.75, 3.05) is 17.7 Å². The van der Waals surface area contributed by atoms with Crippen LogP contribution in [0.4, 0.5) is 11.5 Å². The molecule has 1 aromatic carbocycles. The standard InChI is InChI=1S/C16H19N3O/c1-3-12-4-6-13(7-5-12)10-16(20)19-14-8-9-15(17-2)18-11-14/h4-9,11H,3,10H2,1-2H3,(H,17,18)(H,19,20). The molecule has 0 aliphatic rings. The van der Waals surface area contributed by atoms with Crippen LogP contribution in [-0.2, 0) is 17.6 Å². The molecule has 2 aromatic rings. The molecule has 20 heavy (non-hydrogen) atoms. The molecule has 4 heteroatoms. The third kappa shape index (κ3) is 3.82. The van der Waals surface area contributed by atoms with Crippen LogP contribution < -0.4 is 10.6 Å². The minimum Gasteiger partial charge on any atom is -0.373 e. The number of pyridine rings is 1. The van der Waals surface area contributed by atoms with Gasteiger partial charge in [-0.15, -0.1) is 0 Å². The van der Waals surface area contributed by atoms with Crippen LogP contribution in [0.5, 0.6) is 0 Å². The molecule has 2 N–H and O–H groups in total. The minimum absolute atomic E-state index is 0.0340. The number of aryl methyl sites for hydroxylation is 1. The fourth-order valence-corrected chi connectivity index (χ4v) is 1.90. The molecule has 0 bridgehead atoms. The molecule has 4 nitrogen and oxygen atoms in total. The van der Waals surface area contributed by atoms with E-state index in [0.717, 1.165) is 17.8 Å². The zero-order valence-electron chi connectivity index (χ0n) is 11.8. The summed E-state index contributed by atoms with van der Waals surface area (Å²) in [6.07, 6.45) is 3.03. The molecule has 0 saturated carbocycles. The molecular formula is C16H19N3O. The van der Waals surface area contributed by atoms with E-state index in [1.54, 1.807) is 13.2 Å². The van der Waals surface area contributed by atoms with Crippen LogP contribution in [0, 0.1) is 0 Å². The first-order valence-corrected chi connectivity index (χ1v) is 6.72. The van der Waals surface area contributed by atoms with Crippen LogP contribution in [0.3, 0.4) is 0 Å². The van der Waals surface area contributed by atoms with Crippen molar-refractivity contribution in [2.45, 2.75) is 19.8 Å². The zero-order valence-corrected chi connectivity index (χ0v) is 11.8. The lowest BCUT2D eigenvalue weighted by molar-refractivity contribution is -0.115. The van der Waals surface area contributed by atoms with Crippen molar-refractivity contribution in [3.8, 4) is 0 Å². The third-order valence-corrected chi connectivity index (χ3v) is 3.10. The number of nitrogens with one attached hydrogen (secondary N) is 2. The number of carbonyl (C=O) groups is 1. The highest BCUT2D eigenvalue weighted by atomic mass is 16.1. The van der Waals surface area contributed by atoms with Crippen LogP contribution >= 0.6 is 0 Å². The number of carbonyl (C=O) groups excluding carboxylic acids is 1. The Kier molecular flexibility index (Phi) is 4.71. The largest absolute Gasteiger partial charge is 0.373 e. The molecule has 104 valence electrons. The maximum atomic E-state index is 11.9. The van der Waals surface area contributed by atoms with Gasteiger partial charge in [-0.05, 0) is 29.7 Å². The van der Waals surface area contributed by atoms with Crippen LogP contribution in [0.2, 0.25) is 0 Å². The number of nitrogens with zero attached hydrogens (tertiary/aromatic N) is 1. The number of benzene rings is 1. The highest BCUT2D eigenvalue weighted by Crippen LogP contribution is 2.10. The van der Waals surface area contributed by atoms with E-state index in [2.05, 4.69) is 34.7 Å². The van der Waals surface area contributed by atoms with Gasteiger partial charge in [-0.1, -0.05) is 31.2 Å². The summed E-state index contributed by atoms with van der Waals surface area (Å²) in [5.74, 6) is 0.742. The van der Waals surface area contributed by atoms with Gasteiger partial charge in [-0.25, -0.2) is 4.98 Å². The van der Waals surface area contributed by atoms with Gasteiger partial charge < -0.3 is 10.6 Å². The summed E-state index contributed by atoms with van der Waals surface area (Å²) in [7, 11) is 1.81. The summed E-state index contributed by atoms with van der Waals surface area (Å²) in [5.41, 5.74) is 3.00. The summed E-state index contributed by atoms with van der Waals surface area (Å²) in [4.78, 5) is 16.1. The summed E-state index contributed by atoms with van der Waals surface area (Å²) >= 11 is 0. The second kappa shape index (κ2) is 6.70. The van der Waals surface area contributed by atoms with Gasteiger partial charge in [0.15, 0.2) is 0 Å². The van der Waals surface area contributed by atoms with Gasteiger partial charge in [-0.2, -0.15) is 0 Å². The average molecular weight is 269 g/mol. The number of rotatable bonds is 5. The predicted molar refractivity (Wildman–Crippen MR) is 81.9 cm³/mol. The lowest BCUT2D eigenvalue weighted by atomic mass is 10.1. The Morgan fingerprint density at radius 3 is 2.35 bits per heavy atom. The first-order chi connectivity index (χ1) is 9.71. The number of hydrogen-bond acceptors (Lipinski definition) is 3. The molecule has 1 aromatic heterocycles. The van der Waals surface area contributed by atoms with E-state index in [1.165, 1.54) is 5.56 Å². The summed E-state index contributed by atoms with van der Waals surface area (Å²) in [6, 6.07) is 11.8. The molecule has 0 atom stereocenters. The van der Waals surface area contributed by atoms with Crippen molar-refractivity contribution in [3.05, 3.63) is 53.7 Å². The Hall–Kier alpha value is -2.36. The molecule has 0 aliphatic carbocycles. The van der Waals surface area contributed by atoms with E-state index in [9.17, 15) is 4.79 Å². The van der Waals surface area contributed by atoms with E-state index in [0.29, 0.717) is 12.1 Å². The zero-order chi connectivity index (χ0) is 14.4. The van der Waals surface area contributed by atoms with Gasteiger partial charge in [0.2, 0.25) is 5.91 Å². The molecule has 0 fully saturated rings. The Labute approximate surface area is 119 Å². The predicted octanol–water partition coefficient (Wildman–Crippen LogP) is 2.87. The van der Waals surface area contributed by atoms with Crippen LogP contribution in [-0.4, -0.2) is 17.9 Å². The van der Waals surface area contributed by atoms with E-state index >= 15 is 0 Å². The van der Waals surface area contributed by atoms with E-state index in [-0.39, 0.29) is 5.91 Å².